The van der Waals surface area contributed by atoms with Gasteiger partial charge in [0, 0.05) is 6.54 Å². The van der Waals surface area contributed by atoms with E-state index in [1.165, 1.54) is 0 Å². The summed E-state index contributed by atoms with van der Waals surface area (Å²) in [5.41, 5.74) is 1.05. The van der Waals surface area contributed by atoms with Gasteiger partial charge in [-0.15, -0.1) is 0 Å². The summed E-state index contributed by atoms with van der Waals surface area (Å²) < 4.78 is 0. The molecular formula is C13H20N2. The van der Waals surface area contributed by atoms with Gasteiger partial charge in [-0.3, -0.25) is 5.32 Å². The van der Waals surface area contributed by atoms with Crippen molar-refractivity contribution in [2.45, 2.75) is 26.3 Å². The molecule has 0 aromatic rings. The summed E-state index contributed by atoms with van der Waals surface area (Å²) in [5.74, 6) is 0.526. The van der Waals surface area contributed by atoms with Gasteiger partial charge in [-0.1, -0.05) is 45.2 Å². The zero-order valence-corrected chi connectivity index (χ0v) is 9.66. The van der Waals surface area contributed by atoms with Crippen molar-refractivity contribution in [3.8, 4) is 6.07 Å². The number of allylic oxidation sites excluding steroid dienone is 2. The van der Waals surface area contributed by atoms with E-state index in [-0.39, 0.29) is 6.04 Å². The minimum absolute atomic E-state index is 0.0850. The van der Waals surface area contributed by atoms with Crippen LogP contribution >= 0.6 is 0 Å². The summed E-state index contributed by atoms with van der Waals surface area (Å²) in [6.07, 6.45) is 6.26. The van der Waals surface area contributed by atoms with Crippen LogP contribution in [0.3, 0.4) is 0 Å². The maximum absolute atomic E-state index is 8.91. The third kappa shape index (κ3) is 6.70. The topological polar surface area (TPSA) is 35.8 Å². The lowest BCUT2D eigenvalue weighted by Crippen LogP contribution is -2.30. The van der Waals surface area contributed by atoms with Crippen molar-refractivity contribution in [2.75, 3.05) is 6.54 Å². The molecule has 0 amide bonds. The van der Waals surface area contributed by atoms with Crippen LogP contribution in [0.5, 0.6) is 0 Å². The van der Waals surface area contributed by atoms with Gasteiger partial charge in [0.1, 0.15) is 0 Å². The van der Waals surface area contributed by atoms with Gasteiger partial charge >= 0.3 is 0 Å². The number of hydrogen-bond donors (Lipinski definition) is 1. The van der Waals surface area contributed by atoms with E-state index in [1.807, 2.05) is 6.08 Å². The predicted octanol–water partition coefficient (Wildman–Crippen LogP) is 2.81. The Balaban J connectivity index is 4.10. The fraction of sp³-hybridized carbons (Fsp3) is 0.462. The Morgan fingerprint density at radius 1 is 1.47 bits per heavy atom. The Kier molecular flexibility index (Phi) is 7.31. The largest absolute Gasteiger partial charge is 0.298 e. The van der Waals surface area contributed by atoms with E-state index in [9.17, 15) is 0 Å². The lowest BCUT2D eigenvalue weighted by atomic mass is 10.0. The van der Waals surface area contributed by atoms with Gasteiger partial charge in [-0.05, 0) is 17.9 Å². The van der Waals surface area contributed by atoms with Crippen molar-refractivity contribution in [1.29, 1.82) is 5.26 Å². The first-order valence-electron chi connectivity index (χ1n) is 5.21. The van der Waals surface area contributed by atoms with E-state index in [0.29, 0.717) is 12.5 Å². The van der Waals surface area contributed by atoms with Crippen LogP contribution in [-0.4, -0.2) is 12.6 Å². The second-order valence-corrected chi connectivity index (χ2v) is 3.87. The highest BCUT2D eigenvalue weighted by atomic mass is 14.9. The van der Waals surface area contributed by atoms with Crippen molar-refractivity contribution < 1.29 is 0 Å². The van der Waals surface area contributed by atoms with Gasteiger partial charge in [0.05, 0.1) is 12.1 Å². The lowest BCUT2D eigenvalue weighted by Gasteiger charge is -2.13. The molecule has 0 aliphatic rings. The van der Waals surface area contributed by atoms with Gasteiger partial charge < -0.3 is 0 Å². The molecule has 2 heteroatoms. The molecule has 0 saturated carbocycles. The molecule has 0 spiro atoms. The van der Waals surface area contributed by atoms with Crippen LogP contribution in [-0.2, 0) is 0 Å². The number of hydrogen-bond acceptors (Lipinski definition) is 2. The maximum Gasteiger partial charge on any atom is 0.0958 e. The third-order valence-electron chi connectivity index (χ3n) is 2.01. The molecule has 15 heavy (non-hydrogen) atoms. The van der Waals surface area contributed by atoms with E-state index in [2.05, 4.69) is 38.4 Å². The molecule has 0 heterocycles. The predicted molar refractivity (Wildman–Crippen MR) is 65.3 cm³/mol. The number of nitrogens with one attached hydrogen (secondary N) is 1. The Morgan fingerprint density at radius 3 is 2.53 bits per heavy atom. The van der Waals surface area contributed by atoms with E-state index in [0.717, 1.165) is 12.0 Å². The van der Waals surface area contributed by atoms with Gasteiger partial charge in [0.25, 0.3) is 0 Å². The first-order chi connectivity index (χ1) is 7.13. The monoisotopic (exact) mass is 204 g/mol. The van der Waals surface area contributed by atoms with E-state index in [4.69, 9.17) is 5.26 Å². The standard InChI is InChI=1S/C13H20N2/c1-5-7-12(6-2)10-15-13(9-14)8-11(3)4/h5-7,11,13,15H,1-2,8,10H2,3-4H3/b12-7+. The average molecular weight is 204 g/mol. The van der Waals surface area contributed by atoms with Gasteiger partial charge in [0.15, 0.2) is 0 Å². The molecule has 2 nitrogen and oxygen atoms in total. The molecule has 0 aromatic carbocycles. The van der Waals surface area contributed by atoms with Crippen LogP contribution in [0.25, 0.3) is 0 Å². The summed E-state index contributed by atoms with van der Waals surface area (Å²) in [4.78, 5) is 0. The molecule has 82 valence electrons. The summed E-state index contributed by atoms with van der Waals surface area (Å²) in [7, 11) is 0. The first-order valence-corrected chi connectivity index (χ1v) is 5.21. The Hall–Kier alpha value is -1.33. The summed E-state index contributed by atoms with van der Waals surface area (Å²) >= 11 is 0. The Morgan fingerprint density at radius 2 is 2.13 bits per heavy atom. The van der Waals surface area contributed by atoms with Crippen molar-refractivity contribution in [2.24, 2.45) is 5.92 Å². The molecule has 0 fully saturated rings. The van der Waals surface area contributed by atoms with Crippen molar-refractivity contribution in [1.82, 2.24) is 5.32 Å². The minimum Gasteiger partial charge on any atom is -0.298 e. The fourth-order valence-electron chi connectivity index (χ4n) is 1.24. The maximum atomic E-state index is 8.91. The smallest absolute Gasteiger partial charge is 0.0958 e. The second kappa shape index (κ2) is 8.02. The molecule has 0 aliphatic heterocycles. The molecule has 0 radical (unpaired) electrons. The molecule has 0 saturated heterocycles. The van der Waals surface area contributed by atoms with Gasteiger partial charge in [-0.25, -0.2) is 0 Å². The van der Waals surface area contributed by atoms with Crippen molar-refractivity contribution in [3.05, 3.63) is 37.0 Å². The third-order valence-corrected chi connectivity index (χ3v) is 2.01. The lowest BCUT2D eigenvalue weighted by molar-refractivity contribution is 0.492. The average Bonchev–Trinajstić information content (AvgIpc) is 2.21. The van der Waals surface area contributed by atoms with E-state index < -0.39 is 0 Å². The highest BCUT2D eigenvalue weighted by molar-refractivity contribution is 5.22. The number of rotatable bonds is 7. The van der Waals surface area contributed by atoms with Crippen LogP contribution in [0.4, 0.5) is 0 Å². The molecule has 0 rings (SSSR count). The quantitative estimate of drug-likeness (QED) is 0.647. The van der Waals surface area contributed by atoms with Gasteiger partial charge in [0.2, 0.25) is 0 Å². The van der Waals surface area contributed by atoms with Crippen molar-refractivity contribution >= 4 is 0 Å². The molecule has 0 aliphatic carbocycles. The van der Waals surface area contributed by atoms with Crippen LogP contribution in [0, 0.1) is 17.2 Å². The van der Waals surface area contributed by atoms with Gasteiger partial charge in [-0.2, -0.15) is 5.26 Å². The summed E-state index contributed by atoms with van der Waals surface area (Å²) in [6.45, 7) is 12.2. The Bertz CT molecular complexity index is 269. The van der Waals surface area contributed by atoms with E-state index in [1.54, 1.807) is 12.2 Å². The highest BCUT2D eigenvalue weighted by Gasteiger charge is 2.08. The van der Waals surface area contributed by atoms with Crippen molar-refractivity contribution in [3.63, 3.8) is 0 Å². The second-order valence-electron chi connectivity index (χ2n) is 3.87. The highest BCUT2D eigenvalue weighted by Crippen LogP contribution is 2.04. The zero-order valence-electron chi connectivity index (χ0n) is 9.66. The molecular weight excluding hydrogens is 184 g/mol. The number of nitrogens with zero attached hydrogens (tertiary/aromatic N) is 1. The van der Waals surface area contributed by atoms with Crippen LogP contribution in [0.1, 0.15) is 20.3 Å². The normalized spacial score (nSPS) is 13.3. The summed E-state index contributed by atoms with van der Waals surface area (Å²) in [5, 5.41) is 12.1. The minimum atomic E-state index is -0.0850. The van der Waals surface area contributed by atoms with Crippen LogP contribution < -0.4 is 5.32 Å². The Labute approximate surface area is 93.0 Å². The molecule has 1 N–H and O–H groups in total. The SMILES string of the molecule is C=C/C=C(\C=C)CNC(C#N)CC(C)C. The molecule has 0 bridgehead atoms. The summed E-state index contributed by atoms with van der Waals surface area (Å²) in [6, 6.07) is 2.17. The molecule has 1 atom stereocenters. The first kappa shape index (κ1) is 13.7. The van der Waals surface area contributed by atoms with Crippen LogP contribution in [0.15, 0.2) is 37.0 Å². The zero-order chi connectivity index (χ0) is 11.7. The van der Waals surface area contributed by atoms with Crippen LogP contribution in [0.2, 0.25) is 0 Å². The fourth-order valence-corrected chi connectivity index (χ4v) is 1.24. The number of nitriles is 1. The molecule has 0 aromatic heterocycles. The molecule has 1 unspecified atom stereocenters. The van der Waals surface area contributed by atoms with E-state index >= 15 is 0 Å².